The van der Waals surface area contributed by atoms with Gasteiger partial charge in [0.2, 0.25) is 0 Å². The molecule has 58 heavy (non-hydrogen) atoms. The molecule has 0 amide bonds. The average Bonchev–Trinajstić information content (AvgIpc) is 3.29. The highest BCUT2D eigenvalue weighted by Gasteiger charge is 2.53. The minimum absolute atomic E-state index is 0.264. The first kappa shape index (κ1) is 34.1. The van der Waals surface area contributed by atoms with E-state index in [-0.39, 0.29) is 5.41 Å². The van der Waals surface area contributed by atoms with Gasteiger partial charge in [0.05, 0.1) is 5.41 Å². The number of nitrogens with zero attached hydrogens (tertiary/aromatic N) is 1. The van der Waals surface area contributed by atoms with Crippen LogP contribution in [0.2, 0.25) is 0 Å². The van der Waals surface area contributed by atoms with Gasteiger partial charge in [-0.25, -0.2) is 0 Å². The van der Waals surface area contributed by atoms with E-state index in [1.54, 1.807) is 0 Å². The standard InChI is InChI=1S/C56H41NO/c1-55(2)47-21-11-12-22-49(47)56(50-23-13-14-24-53(50)58-54-46-20-10-9-19-42(46)29-35-51(54)56)52-37-45(34-36-48(52)55)57(43-30-25-40(26-31-43)38-15-5-3-6-16-38)44-32-27-41(28-33-44)39-17-7-4-8-18-39/h3-37H,1-2H3. The fraction of sp³-hybridized carbons (Fsp3) is 0.0714. The summed E-state index contributed by atoms with van der Waals surface area (Å²) in [7, 11) is 0. The van der Waals surface area contributed by atoms with Gasteiger partial charge in [0, 0.05) is 39.0 Å². The largest absolute Gasteiger partial charge is 0.456 e. The SMILES string of the molecule is CC1(C)c2ccccc2C2(c3ccccc3Oc3c2ccc2ccccc32)c2cc(N(c3ccc(-c4ccccc4)cc3)c3ccc(-c4ccccc4)cc3)ccc21. The third-order valence-electron chi connectivity index (χ3n) is 12.6. The van der Waals surface area contributed by atoms with Gasteiger partial charge >= 0.3 is 0 Å². The number of ether oxygens (including phenoxy) is 1. The van der Waals surface area contributed by atoms with Crippen LogP contribution in [-0.2, 0) is 10.8 Å². The molecule has 0 aromatic heterocycles. The van der Waals surface area contributed by atoms with Crippen LogP contribution in [0.5, 0.6) is 11.5 Å². The second-order valence-corrected chi connectivity index (χ2v) is 16.1. The van der Waals surface area contributed by atoms with Crippen molar-refractivity contribution in [2.75, 3.05) is 4.90 Å². The maximum absolute atomic E-state index is 7.00. The van der Waals surface area contributed by atoms with Crippen molar-refractivity contribution in [3.8, 4) is 33.8 Å². The van der Waals surface area contributed by atoms with Crippen molar-refractivity contribution in [2.45, 2.75) is 24.7 Å². The predicted molar refractivity (Wildman–Crippen MR) is 240 cm³/mol. The monoisotopic (exact) mass is 743 g/mol. The maximum atomic E-state index is 7.00. The van der Waals surface area contributed by atoms with Gasteiger partial charge in [-0.05, 0) is 92.4 Å². The van der Waals surface area contributed by atoms with Crippen LogP contribution in [0.1, 0.15) is 47.2 Å². The molecule has 0 radical (unpaired) electrons. The average molecular weight is 744 g/mol. The molecule has 2 nitrogen and oxygen atoms in total. The van der Waals surface area contributed by atoms with Crippen LogP contribution in [0.3, 0.4) is 0 Å². The van der Waals surface area contributed by atoms with E-state index in [0.29, 0.717) is 0 Å². The first-order chi connectivity index (χ1) is 28.5. The molecule has 0 N–H and O–H groups in total. The summed E-state index contributed by atoms with van der Waals surface area (Å²) in [5.74, 6) is 1.81. The number of hydrogen-bond donors (Lipinski definition) is 0. The maximum Gasteiger partial charge on any atom is 0.140 e. The molecule has 1 heterocycles. The number of para-hydroxylation sites is 1. The van der Waals surface area contributed by atoms with Crippen LogP contribution >= 0.6 is 0 Å². The summed E-state index contributed by atoms with van der Waals surface area (Å²) in [6.07, 6.45) is 0. The predicted octanol–water partition coefficient (Wildman–Crippen LogP) is 14.8. The lowest BCUT2D eigenvalue weighted by Crippen LogP contribution is -2.43. The van der Waals surface area contributed by atoms with E-state index in [9.17, 15) is 0 Å². The Kier molecular flexibility index (Phi) is 7.78. The summed E-state index contributed by atoms with van der Waals surface area (Å²) in [6, 6.07) is 77.4. The second-order valence-electron chi connectivity index (χ2n) is 16.1. The summed E-state index contributed by atoms with van der Waals surface area (Å²) in [5.41, 5.74) is 14.7. The van der Waals surface area contributed by atoms with E-state index in [2.05, 4.69) is 231 Å². The molecular formula is C56H41NO. The van der Waals surface area contributed by atoms with Gasteiger partial charge in [0.15, 0.2) is 0 Å². The minimum Gasteiger partial charge on any atom is -0.456 e. The highest BCUT2D eigenvalue weighted by molar-refractivity contribution is 5.93. The van der Waals surface area contributed by atoms with Gasteiger partial charge in [0.25, 0.3) is 0 Å². The molecule has 9 aromatic carbocycles. The fourth-order valence-electron chi connectivity index (χ4n) is 9.84. The van der Waals surface area contributed by atoms with Crippen molar-refractivity contribution in [3.05, 3.63) is 246 Å². The zero-order valence-electron chi connectivity index (χ0n) is 32.6. The third-order valence-corrected chi connectivity index (χ3v) is 12.6. The lowest BCUT2D eigenvalue weighted by Gasteiger charge is -2.50. The smallest absolute Gasteiger partial charge is 0.140 e. The minimum atomic E-state index is -0.647. The van der Waals surface area contributed by atoms with E-state index in [1.807, 2.05) is 0 Å². The summed E-state index contributed by atoms with van der Waals surface area (Å²) in [6.45, 7) is 4.76. The molecule has 1 atom stereocenters. The van der Waals surface area contributed by atoms with Crippen molar-refractivity contribution < 1.29 is 4.74 Å². The van der Waals surface area contributed by atoms with Crippen molar-refractivity contribution in [3.63, 3.8) is 0 Å². The molecule has 0 fully saturated rings. The quantitative estimate of drug-likeness (QED) is 0.174. The van der Waals surface area contributed by atoms with Crippen LogP contribution in [0.15, 0.2) is 212 Å². The summed E-state index contributed by atoms with van der Waals surface area (Å²) in [4.78, 5) is 2.41. The first-order valence-electron chi connectivity index (χ1n) is 20.2. The van der Waals surface area contributed by atoms with E-state index >= 15 is 0 Å². The Bertz CT molecular complexity index is 2900. The number of rotatable bonds is 5. The highest BCUT2D eigenvalue weighted by Crippen LogP contribution is 2.63. The molecule has 2 aliphatic rings. The Balaban J connectivity index is 1.18. The van der Waals surface area contributed by atoms with Crippen molar-refractivity contribution in [1.29, 1.82) is 0 Å². The number of benzene rings is 9. The number of hydrogen-bond acceptors (Lipinski definition) is 2. The van der Waals surface area contributed by atoms with Crippen LogP contribution in [0, 0.1) is 0 Å². The molecule has 1 unspecified atom stereocenters. The zero-order valence-corrected chi connectivity index (χ0v) is 32.6. The van der Waals surface area contributed by atoms with Crippen molar-refractivity contribution >= 4 is 27.8 Å². The molecule has 276 valence electrons. The number of fused-ring (bicyclic) bond motifs is 10. The third kappa shape index (κ3) is 5.11. The summed E-state index contributed by atoms with van der Waals surface area (Å²) in [5, 5.41) is 2.28. The summed E-state index contributed by atoms with van der Waals surface area (Å²) < 4.78 is 7.00. The van der Waals surface area contributed by atoms with Gasteiger partial charge in [-0.3, -0.25) is 0 Å². The first-order valence-corrected chi connectivity index (χ1v) is 20.2. The molecule has 0 bridgehead atoms. The Hall–Kier alpha value is -7.16. The molecule has 2 heteroatoms. The molecule has 0 saturated carbocycles. The van der Waals surface area contributed by atoms with Gasteiger partial charge in [0.1, 0.15) is 11.5 Å². The van der Waals surface area contributed by atoms with E-state index in [0.717, 1.165) is 45.1 Å². The van der Waals surface area contributed by atoms with Crippen molar-refractivity contribution in [2.24, 2.45) is 0 Å². The Morgan fingerprint density at radius 2 is 0.845 bits per heavy atom. The van der Waals surface area contributed by atoms with Crippen LogP contribution in [0.4, 0.5) is 17.1 Å². The fourth-order valence-corrected chi connectivity index (χ4v) is 9.84. The topological polar surface area (TPSA) is 12.5 Å². The van der Waals surface area contributed by atoms with Crippen LogP contribution in [0.25, 0.3) is 33.0 Å². The molecule has 0 saturated heterocycles. The lowest BCUT2D eigenvalue weighted by molar-refractivity contribution is 0.430. The van der Waals surface area contributed by atoms with Gasteiger partial charge in [-0.15, -0.1) is 0 Å². The van der Waals surface area contributed by atoms with Crippen molar-refractivity contribution in [1.82, 2.24) is 0 Å². The van der Waals surface area contributed by atoms with E-state index in [1.165, 1.54) is 49.9 Å². The molecule has 1 spiro atoms. The van der Waals surface area contributed by atoms with Gasteiger partial charge < -0.3 is 9.64 Å². The Morgan fingerprint density at radius 1 is 0.362 bits per heavy atom. The van der Waals surface area contributed by atoms with E-state index in [4.69, 9.17) is 4.74 Å². The Morgan fingerprint density at radius 3 is 1.50 bits per heavy atom. The van der Waals surface area contributed by atoms with Crippen LogP contribution in [-0.4, -0.2) is 0 Å². The molecule has 11 rings (SSSR count). The molecule has 9 aromatic rings. The molecular weight excluding hydrogens is 703 g/mol. The van der Waals surface area contributed by atoms with E-state index < -0.39 is 5.41 Å². The van der Waals surface area contributed by atoms with Gasteiger partial charge in [-0.1, -0.05) is 184 Å². The number of anilines is 3. The molecule has 1 aliphatic heterocycles. The lowest BCUT2D eigenvalue weighted by atomic mass is 9.53. The zero-order chi connectivity index (χ0) is 38.8. The molecule has 1 aliphatic carbocycles. The second kappa shape index (κ2) is 13.2. The Labute approximate surface area is 340 Å². The normalized spacial score (nSPS) is 15.8. The van der Waals surface area contributed by atoms with Crippen LogP contribution < -0.4 is 9.64 Å². The summed E-state index contributed by atoms with van der Waals surface area (Å²) >= 11 is 0. The highest BCUT2D eigenvalue weighted by atomic mass is 16.5. The van der Waals surface area contributed by atoms with Gasteiger partial charge in [-0.2, -0.15) is 0 Å².